The summed E-state index contributed by atoms with van der Waals surface area (Å²) in [5.41, 5.74) is 3.08. The van der Waals surface area contributed by atoms with Crippen molar-refractivity contribution in [1.82, 2.24) is 0 Å². The number of benzene rings is 1. The van der Waals surface area contributed by atoms with Gasteiger partial charge in [-0.3, -0.25) is 0 Å². The predicted molar refractivity (Wildman–Crippen MR) is 41.8 cm³/mol. The zero-order valence-corrected chi connectivity index (χ0v) is 5.74. The Bertz CT molecular complexity index is 312. The van der Waals surface area contributed by atoms with E-state index in [9.17, 15) is 4.79 Å². The summed E-state index contributed by atoms with van der Waals surface area (Å²) in [4.78, 5) is 9.73. The molecule has 0 heterocycles. The standard InChI is InChI=1S/C9H6O2/c10-7-1-2-8-3-5-9(11)6-4-8/h2-6,11H. The van der Waals surface area contributed by atoms with E-state index in [1.165, 1.54) is 24.2 Å². The third kappa shape index (κ3) is 2.15. The largest absolute Gasteiger partial charge is 0.508 e. The number of hydrogen-bond donors (Lipinski definition) is 1. The first kappa shape index (κ1) is 7.36. The topological polar surface area (TPSA) is 37.3 Å². The Balaban J connectivity index is 2.99. The minimum absolute atomic E-state index is 0.206. The van der Waals surface area contributed by atoms with Gasteiger partial charge in [-0.15, -0.1) is 0 Å². The van der Waals surface area contributed by atoms with Gasteiger partial charge in [0, 0.05) is 0 Å². The molecule has 1 aromatic rings. The number of carbonyl (C=O) groups excluding carboxylic acids is 1. The van der Waals surface area contributed by atoms with Gasteiger partial charge in [-0.05, 0) is 29.5 Å². The Labute approximate surface area is 64.1 Å². The second-order valence-electron chi connectivity index (χ2n) is 1.98. The fourth-order valence-corrected chi connectivity index (χ4v) is 0.683. The van der Waals surface area contributed by atoms with Crippen LogP contribution >= 0.6 is 0 Å². The molecule has 0 radical (unpaired) electrons. The van der Waals surface area contributed by atoms with Crippen molar-refractivity contribution in [2.24, 2.45) is 0 Å². The van der Waals surface area contributed by atoms with Gasteiger partial charge in [0.05, 0.1) is 0 Å². The molecule has 2 heteroatoms. The predicted octanol–water partition coefficient (Wildman–Crippen LogP) is 1.39. The molecule has 1 N–H and O–H groups in total. The summed E-state index contributed by atoms with van der Waals surface area (Å²) in [7, 11) is 0. The van der Waals surface area contributed by atoms with Gasteiger partial charge < -0.3 is 5.11 Å². The zero-order valence-electron chi connectivity index (χ0n) is 5.74. The lowest BCUT2D eigenvalue weighted by Gasteiger charge is -1.90. The van der Waals surface area contributed by atoms with Crippen LogP contribution < -0.4 is 0 Å². The van der Waals surface area contributed by atoms with Crippen molar-refractivity contribution >= 4 is 12.0 Å². The maximum absolute atomic E-state index is 9.73. The highest BCUT2D eigenvalue weighted by atomic mass is 16.3. The Hall–Kier alpha value is -1.75. The molecule has 11 heavy (non-hydrogen) atoms. The van der Waals surface area contributed by atoms with Crippen molar-refractivity contribution in [1.29, 1.82) is 0 Å². The highest BCUT2D eigenvalue weighted by molar-refractivity contribution is 5.58. The number of rotatable bonds is 1. The summed E-state index contributed by atoms with van der Waals surface area (Å²) in [6, 6.07) is 6.44. The first-order valence-electron chi connectivity index (χ1n) is 3.08. The minimum Gasteiger partial charge on any atom is -0.508 e. The van der Waals surface area contributed by atoms with Crippen LogP contribution in [0.15, 0.2) is 30.0 Å². The summed E-state index contributed by atoms with van der Waals surface area (Å²) in [6.45, 7) is 0. The highest BCUT2D eigenvalue weighted by Gasteiger charge is 1.85. The van der Waals surface area contributed by atoms with Crippen molar-refractivity contribution in [3.05, 3.63) is 35.6 Å². The van der Waals surface area contributed by atoms with E-state index in [1.807, 2.05) is 0 Å². The maximum Gasteiger partial charge on any atom is 0.177 e. The molecule has 0 saturated carbocycles. The molecular weight excluding hydrogens is 140 g/mol. The van der Waals surface area contributed by atoms with E-state index in [4.69, 9.17) is 5.11 Å². The van der Waals surface area contributed by atoms with E-state index in [0.29, 0.717) is 0 Å². The maximum atomic E-state index is 9.73. The van der Waals surface area contributed by atoms with Crippen molar-refractivity contribution in [2.75, 3.05) is 0 Å². The van der Waals surface area contributed by atoms with Gasteiger partial charge in [-0.25, -0.2) is 4.79 Å². The lowest BCUT2D eigenvalue weighted by molar-refractivity contribution is 0.475. The van der Waals surface area contributed by atoms with E-state index in [0.717, 1.165) is 5.56 Å². The third-order valence-electron chi connectivity index (χ3n) is 1.19. The fourth-order valence-electron chi connectivity index (χ4n) is 0.683. The Morgan fingerprint density at radius 2 is 1.91 bits per heavy atom. The van der Waals surface area contributed by atoms with Gasteiger partial charge in [0.15, 0.2) is 5.94 Å². The van der Waals surface area contributed by atoms with Gasteiger partial charge >= 0.3 is 0 Å². The normalized spacial score (nSPS) is 8.00. The molecule has 1 rings (SSSR count). The van der Waals surface area contributed by atoms with Gasteiger partial charge in [0.25, 0.3) is 0 Å². The Morgan fingerprint density at radius 1 is 1.27 bits per heavy atom. The van der Waals surface area contributed by atoms with Gasteiger partial charge in [-0.2, -0.15) is 0 Å². The van der Waals surface area contributed by atoms with Crippen LogP contribution in [0.4, 0.5) is 0 Å². The molecule has 2 nitrogen and oxygen atoms in total. The zero-order chi connectivity index (χ0) is 8.10. The fraction of sp³-hybridized carbons (Fsp3) is 0. The lowest BCUT2D eigenvalue weighted by atomic mass is 10.2. The van der Waals surface area contributed by atoms with Crippen molar-refractivity contribution < 1.29 is 9.90 Å². The molecule has 0 bridgehead atoms. The van der Waals surface area contributed by atoms with Crippen LogP contribution in [0, 0.1) is 0 Å². The molecule has 54 valence electrons. The van der Waals surface area contributed by atoms with E-state index >= 15 is 0 Å². The molecular formula is C9H6O2. The monoisotopic (exact) mass is 146 g/mol. The molecule has 0 fully saturated rings. The number of phenolic OH excluding ortho intramolecular Hbond substituents is 1. The number of hydrogen-bond acceptors (Lipinski definition) is 2. The van der Waals surface area contributed by atoms with Crippen LogP contribution in [0.5, 0.6) is 5.75 Å². The molecule has 0 spiro atoms. The third-order valence-corrected chi connectivity index (χ3v) is 1.19. The van der Waals surface area contributed by atoms with E-state index in [-0.39, 0.29) is 5.75 Å². The SMILES string of the molecule is O=C=C=Cc1ccc(O)cc1. The average molecular weight is 146 g/mol. The summed E-state index contributed by atoms with van der Waals surface area (Å²) >= 11 is 0. The summed E-state index contributed by atoms with van der Waals surface area (Å²) in [5.74, 6) is 1.72. The molecule has 0 saturated heterocycles. The molecule has 1 aromatic carbocycles. The Kier molecular flexibility index (Phi) is 2.29. The molecule has 0 unspecified atom stereocenters. The van der Waals surface area contributed by atoms with E-state index in [1.54, 1.807) is 12.1 Å². The van der Waals surface area contributed by atoms with Crippen LogP contribution in [-0.4, -0.2) is 11.0 Å². The smallest absolute Gasteiger partial charge is 0.177 e. The molecule has 0 atom stereocenters. The van der Waals surface area contributed by atoms with E-state index < -0.39 is 0 Å². The van der Waals surface area contributed by atoms with Gasteiger partial charge in [-0.1, -0.05) is 12.1 Å². The summed E-state index contributed by atoms with van der Waals surface area (Å²) < 4.78 is 0. The van der Waals surface area contributed by atoms with Crippen LogP contribution in [-0.2, 0) is 4.79 Å². The number of phenols is 1. The number of aromatic hydroxyl groups is 1. The van der Waals surface area contributed by atoms with Gasteiger partial charge in [0.2, 0.25) is 0 Å². The van der Waals surface area contributed by atoms with Crippen LogP contribution in [0.25, 0.3) is 6.08 Å². The van der Waals surface area contributed by atoms with Crippen molar-refractivity contribution in [3.8, 4) is 5.75 Å². The molecule has 0 aromatic heterocycles. The van der Waals surface area contributed by atoms with Crippen LogP contribution in [0.3, 0.4) is 0 Å². The second kappa shape index (κ2) is 3.43. The highest BCUT2D eigenvalue weighted by Crippen LogP contribution is 2.09. The molecule has 0 aliphatic heterocycles. The van der Waals surface area contributed by atoms with Crippen molar-refractivity contribution in [3.63, 3.8) is 0 Å². The van der Waals surface area contributed by atoms with Crippen molar-refractivity contribution in [2.45, 2.75) is 0 Å². The summed E-state index contributed by atoms with van der Waals surface area (Å²) in [6.07, 6.45) is 1.49. The van der Waals surface area contributed by atoms with Crippen LogP contribution in [0.2, 0.25) is 0 Å². The van der Waals surface area contributed by atoms with E-state index in [2.05, 4.69) is 5.73 Å². The Morgan fingerprint density at radius 3 is 2.45 bits per heavy atom. The average Bonchev–Trinajstić information content (AvgIpc) is 2.04. The summed E-state index contributed by atoms with van der Waals surface area (Å²) in [5, 5.41) is 8.87. The first-order valence-corrected chi connectivity index (χ1v) is 3.08. The molecule has 0 aliphatic carbocycles. The second-order valence-corrected chi connectivity index (χ2v) is 1.98. The quantitative estimate of drug-likeness (QED) is 0.480. The molecule has 0 amide bonds. The van der Waals surface area contributed by atoms with Gasteiger partial charge in [0.1, 0.15) is 5.75 Å². The van der Waals surface area contributed by atoms with Crippen LogP contribution in [0.1, 0.15) is 5.56 Å². The molecule has 0 aliphatic rings. The first-order chi connectivity index (χ1) is 5.33. The minimum atomic E-state index is 0.206. The lowest BCUT2D eigenvalue weighted by Crippen LogP contribution is -1.68.